The van der Waals surface area contributed by atoms with Crippen LogP contribution in [0.25, 0.3) is 22.0 Å². The number of pyridine rings is 2. The molecule has 28 heavy (non-hydrogen) atoms. The van der Waals surface area contributed by atoms with Crippen molar-refractivity contribution in [3.8, 4) is 17.0 Å². The molecule has 0 spiro atoms. The number of hydrogen-bond acceptors (Lipinski definition) is 5. The average Bonchev–Trinajstić information content (AvgIpc) is 3.22. The lowest BCUT2D eigenvalue weighted by Gasteiger charge is -2.11. The van der Waals surface area contributed by atoms with Crippen molar-refractivity contribution in [2.24, 2.45) is 0 Å². The number of hydrogen-bond donors (Lipinski definition) is 1. The first kappa shape index (κ1) is 18.1. The lowest BCUT2D eigenvalue weighted by molar-refractivity contribution is 0.102. The number of aromatic nitrogens is 2. The van der Waals surface area contributed by atoms with E-state index in [2.05, 4.69) is 26.7 Å². The van der Waals surface area contributed by atoms with Gasteiger partial charge in [-0.3, -0.25) is 9.78 Å². The Balaban J connectivity index is 1.63. The first-order valence-corrected chi connectivity index (χ1v) is 9.90. The van der Waals surface area contributed by atoms with Crippen LogP contribution in [0.3, 0.4) is 0 Å². The number of benzene rings is 1. The summed E-state index contributed by atoms with van der Waals surface area (Å²) in [6.45, 7) is 3.86. The van der Waals surface area contributed by atoms with Crippen LogP contribution in [-0.2, 0) is 0 Å². The average molecular weight is 389 g/mol. The number of rotatable bonds is 5. The summed E-state index contributed by atoms with van der Waals surface area (Å²) >= 11 is 1.65. The number of carbonyl (C=O) groups is 1. The third kappa shape index (κ3) is 3.73. The van der Waals surface area contributed by atoms with Crippen LogP contribution in [0.2, 0.25) is 0 Å². The van der Waals surface area contributed by atoms with Crippen molar-refractivity contribution >= 4 is 33.8 Å². The summed E-state index contributed by atoms with van der Waals surface area (Å²) in [6, 6.07) is 13.3. The lowest BCUT2D eigenvalue weighted by Crippen LogP contribution is -2.13. The summed E-state index contributed by atoms with van der Waals surface area (Å²) in [7, 11) is 0. The summed E-state index contributed by atoms with van der Waals surface area (Å²) < 4.78 is 5.52. The normalized spacial score (nSPS) is 11.0. The van der Waals surface area contributed by atoms with E-state index in [1.807, 2.05) is 43.5 Å². The van der Waals surface area contributed by atoms with E-state index in [1.54, 1.807) is 29.7 Å². The largest absolute Gasteiger partial charge is 0.475 e. The molecule has 1 N–H and O–H groups in total. The Kier molecular flexibility index (Phi) is 5.04. The second-order valence-corrected chi connectivity index (χ2v) is 7.36. The molecule has 0 aliphatic rings. The van der Waals surface area contributed by atoms with Gasteiger partial charge in [-0.25, -0.2) is 4.98 Å². The van der Waals surface area contributed by atoms with Gasteiger partial charge in [0.05, 0.1) is 22.9 Å². The van der Waals surface area contributed by atoms with Gasteiger partial charge in [0.2, 0.25) is 5.88 Å². The standard InChI is InChI=1S/C22H19N3O2S/c1-14(2)27-20-7-6-15(12-24-20)22(26)25-19-5-3-4-18-17(8-10-23-21(18)19)16-9-11-28-13-16/h3-14H,1-2H3,(H,25,26). The van der Waals surface area contributed by atoms with E-state index < -0.39 is 0 Å². The lowest BCUT2D eigenvalue weighted by atomic mass is 10.0. The molecule has 4 rings (SSSR count). The van der Waals surface area contributed by atoms with E-state index in [0.29, 0.717) is 17.1 Å². The molecular formula is C22H19N3O2S. The smallest absolute Gasteiger partial charge is 0.257 e. The van der Waals surface area contributed by atoms with Crippen LogP contribution in [0.4, 0.5) is 5.69 Å². The van der Waals surface area contributed by atoms with Crippen molar-refractivity contribution in [2.75, 3.05) is 5.32 Å². The fourth-order valence-corrected chi connectivity index (χ4v) is 3.62. The third-order valence-electron chi connectivity index (χ3n) is 4.21. The molecule has 0 aliphatic heterocycles. The maximum Gasteiger partial charge on any atom is 0.257 e. The molecule has 0 bridgehead atoms. The van der Waals surface area contributed by atoms with Crippen molar-refractivity contribution in [2.45, 2.75) is 20.0 Å². The first-order valence-electron chi connectivity index (χ1n) is 8.96. The fraction of sp³-hybridized carbons (Fsp3) is 0.136. The first-order chi connectivity index (χ1) is 13.6. The van der Waals surface area contributed by atoms with Gasteiger partial charge in [0.15, 0.2) is 0 Å². The summed E-state index contributed by atoms with van der Waals surface area (Å²) in [5, 5.41) is 8.10. The number of nitrogens with one attached hydrogen (secondary N) is 1. The molecule has 0 saturated heterocycles. The topological polar surface area (TPSA) is 64.1 Å². The minimum absolute atomic E-state index is 0.0337. The van der Waals surface area contributed by atoms with Gasteiger partial charge in [-0.05, 0) is 60.0 Å². The number of amides is 1. The number of anilines is 1. The molecule has 0 unspecified atom stereocenters. The van der Waals surface area contributed by atoms with Gasteiger partial charge in [-0.1, -0.05) is 12.1 Å². The minimum atomic E-state index is -0.237. The van der Waals surface area contributed by atoms with Gasteiger partial charge in [0, 0.05) is 23.8 Å². The van der Waals surface area contributed by atoms with Crippen LogP contribution in [-0.4, -0.2) is 22.0 Å². The number of thiophene rings is 1. The second kappa shape index (κ2) is 7.78. The molecule has 3 aromatic heterocycles. The molecule has 140 valence electrons. The van der Waals surface area contributed by atoms with Crippen LogP contribution in [0.15, 0.2) is 65.6 Å². The Morgan fingerprint density at radius 3 is 2.71 bits per heavy atom. The highest BCUT2D eigenvalue weighted by molar-refractivity contribution is 7.08. The van der Waals surface area contributed by atoms with Crippen molar-refractivity contribution in [1.29, 1.82) is 0 Å². The summed E-state index contributed by atoms with van der Waals surface area (Å²) in [5.41, 5.74) is 4.13. The van der Waals surface area contributed by atoms with Crippen molar-refractivity contribution < 1.29 is 9.53 Å². The van der Waals surface area contributed by atoms with Gasteiger partial charge in [0.1, 0.15) is 0 Å². The molecule has 5 nitrogen and oxygen atoms in total. The van der Waals surface area contributed by atoms with E-state index in [0.717, 1.165) is 22.0 Å². The molecule has 1 aromatic carbocycles. The molecule has 6 heteroatoms. The molecule has 3 heterocycles. The molecule has 0 saturated carbocycles. The quantitative estimate of drug-likeness (QED) is 0.496. The Bertz CT molecular complexity index is 1110. The molecule has 0 fully saturated rings. The van der Waals surface area contributed by atoms with Crippen LogP contribution < -0.4 is 10.1 Å². The predicted octanol–water partition coefficient (Wildman–Crippen LogP) is 5.40. The minimum Gasteiger partial charge on any atom is -0.475 e. The molecule has 0 radical (unpaired) electrons. The van der Waals surface area contributed by atoms with Gasteiger partial charge >= 0.3 is 0 Å². The van der Waals surface area contributed by atoms with Crippen LogP contribution in [0.1, 0.15) is 24.2 Å². The summed E-state index contributed by atoms with van der Waals surface area (Å²) in [5.74, 6) is 0.262. The maximum absolute atomic E-state index is 12.7. The van der Waals surface area contributed by atoms with Gasteiger partial charge in [-0.15, -0.1) is 0 Å². The molecule has 0 atom stereocenters. The SMILES string of the molecule is CC(C)Oc1ccc(C(=O)Nc2cccc3c(-c4ccsc4)ccnc23)cn1. The zero-order valence-corrected chi connectivity index (χ0v) is 16.4. The highest BCUT2D eigenvalue weighted by Crippen LogP contribution is 2.32. The highest BCUT2D eigenvalue weighted by Gasteiger charge is 2.12. The Morgan fingerprint density at radius 2 is 2.00 bits per heavy atom. The molecule has 0 aliphatic carbocycles. The molecular weight excluding hydrogens is 370 g/mol. The van der Waals surface area contributed by atoms with Crippen molar-refractivity contribution in [1.82, 2.24) is 9.97 Å². The number of fused-ring (bicyclic) bond motifs is 1. The van der Waals surface area contributed by atoms with Crippen molar-refractivity contribution in [3.05, 3.63) is 71.2 Å². The second-order valence-electron chi connectivity index (χ2n) is 6.58. The van der Waals surface area contributed by atoms with E-state index in [-0.39, 0.29) is 12.0 Å². The monoisotopic (exact) mass is 389 g/mol. The maximum atomic E-state index is 12.7. The van der Waals surface area contributed by atoms with E-state index >= 15 is 0 Å². The van der Waals surface area contributed by atoms with Crippen LogP contribution in [0.5, 0.6) is 5.88 Å². The van der Waals surface area contributed by atoms with Crippen molar-refractivity contribution in [3.63, 3.8) is 0 Å². The van der Waals surface area contributed by atoms with E-state index in [9.17, 15) is 4.79 Å². The Labute approximate surface area is 167 Å². The number of nitrogens with zero attached hydrogens (tertiary/aromatic N) is 2. The van der Waals surface area contributed by atoms with E-state index in [1.165, 1.54) is 6.20 Å². The van der Waals surface area contributed by atoms with Gasteiger partial charge in [-0.2, -0.15) is 11.3 Å². The van der Waals surface area contributed by atoms with Crippen LogP contribution >= 0.6 is 11.3 Å². The Morgan fingerprint density at radius 1 is 1.11 bits per heavy atom. The molecule has 1 amide bonds. The third-order valence-corrected chi connectivity index (χ3v) is 4.89. The number of ether oxygens (including phenoxy) is 1. The Hall–Kier alpha value is -3.25. The fourth-order valence-electron chi connectivity index (χ4n) is 2.97. The van der Waals surface area contributed by atoms with Crippen LogP contribution in [0, 0.1) is 0 Å². The number of para-hydroxylation sites is 1. The molecule has 4 aromatic rings. The summed E-state index contributed by atoms with van der Waals surface area (Å²) in [6.07, 6.45) is 3.32. The van der Waals surface area contributed by atoms with E-state index in [4.69, 9.17) is 4.74 Å². The predicted molar refractivity (Wildman–Crippen MR) is 113 cm³/mol. The summed E-state index contributed by atoms with van der Waals surface area (Å²) in [4.78, 5) is 21.4. The number of carbonyl (C=O) groups excluding carboxylic acids is 1. The van der Waals surface area contributed by atoms with Gasteiger partial charge < -0.3 is 10.1 Å². The zero-order valence-electron chi connectivity index (χ0n) is 15.5. The zero-order chi connectivity index (χ0) is 19.5. The van der Waals surface area contributed by atoms with Gasteiger partial charge in [0.25, 0.3) is 5.91 Å². The highest BCUT2D eigenvalue weighted by atomic mass is 32.1.